The molecule has 0 spiro atoms. The van der Waals surface area contributed by atoms with Crippen molar-refractivity contribution in [3.63, 3.8) is 0 Å². The van der Waals surface area contributed by atoms with Crippen LogP contribution in [0.5, 0.6) is 0 Å². The Morgan fingerprint density at radius 1 is 1.35 bits per heavy atom. The number of nitrogens with one attached hydrogen (secondary N) is 2. The van der Waals surface area contributed by atoms with Crippen molar-refractivity contribution in [2.75, 3.05) is 24.9 Å². The molecule has 1 unspecified atom stereocenters. The van der Waals surface area contributed by atoms with Crippen LogP contribution < -0.4 is 10.0 Å². The number of carbonyl (C=O) groups is 1. The lowest BCUT2D eigenvalue weighted by Crippen LogP contribution is -2.39. The van der Waals surface area contributed by atoms with E-state index in [2.05, 4.69) is 10.0 Å². The smallest absolute Gasteiger partial charge is 0.240 e. The van der Waals surface area contributed by atoms with E-state index in [0.29, 0.717) is 5.69 Å². The van der Waals surface area contributed by atoms with E-state index < -0.39 is 16.1 Å². The van der Waals surface area contributed by atoms with Crippen LogP contribution in [0.3, 0.4) is 0 Å². The summed E-state index contributed by atoms with van der Waals surface area (Å²) in [6.45, 7) is 1.56. The molecular formula is C12H17ClN2O4S. The van der Waals surface area contributed by atoms with Gasteiger partial charge in [-0.05, 0) is 24.3 Å². The predicted molar refractivity (Wildman–Crippen MR) is 77.5 cm³/mol. The number of alkyl halides is 1. The average molecular weight is 321 g/mol. The normalized spacial score (nSPS) is 12.9. The van der Waals surface area contributed by atoms with Crippen LogP contribution in [-0.4, -0.2) is 40.0 Å². The van der Waals surface area contributed by atoms with E-state index in [1.165, 1.54) is 38.3 Å². The third kappa shape index (κ3) is 5.09. The van der Waals surface area contributed by atoms with Gasteiger partial charge in [-0.1, -0.05) is 0 Å². The molecular weight excluding hydrogens is 304 g/mol. The number of carbonyl (C=O) groups excluding carboxylic acids is 1. The molecule has 112 valence electrons. The molecule has 0 heterocycles. The van der Waals surface area contributed by atoms with Crippen molar-refractivity contribution in [2.24, 2.45) is 0 Å². The Labute approximate surface area is 123 Å². The van der Waals surface area contributed by atoms with Gasteiger partial charge < -0.3 is 10.1 Å². The molecule has 1 aromatic carbocycles. The molecule has 1 rings (SSSR count). The van der Waals surface area contributed by atoms with Crippen LogP contribution in [0.2, 0.25) is 0 Å². The maximum atomic E-state index is 12.1. The van der Waals surface area contributed by atoms with Crippen LogP contribution in [0.25, 0.3) is 0 Å². The molecule has 0 bridgehead atoms. The SMILES string of the molecule is COCC(CCl)NS(=O)(=O)c1ccc(NC(C)=O)cc1. The Kier molecular flexibility index (Phi) is 6.41. The van der Waals surface area contributed by atoms with Crippen LogP contribution in [0.15, 0.2) is 29.2 Å². The van der Waals surface area contributed by atoms with Crippen LogP contribution >= 0.6 is 11.6 Å². The summed E-state index contributed by atoms with van der Waals surface area (Å²) in [6, 6.07) is 5.35. The number of amides is 1. The van der Waals surface area contributed by atoms with Gasteiger partial charge in [0.15, 0.2) is 0 Å². The molecule has 0 fully saturated rings. The average Bonchev–Trinajstić information content (AvgIpc) is 2.38. The lowest BCUT2D eigenvalue weighted by Gasteiger charge is -2.15. The summed E-state index contributed by atoms with van der Waals surface area (Å²) >= 11 is 5.67. The van der Waals surface area contributed by atoms with Gasteiger partial charge in [-0.3, -0.25) is 4.79 Å². The van der Waals surface area contributed by atoms with Crippen molar-refractivity contribution < 1.29 is 17.9 Å². The summed E-state index contributed by atoms with van der Waals surface area (Å²) in [5.74, 6) is -0.113. The molecule has 0 aliphatic carbocycles. The Morgan fingerprint density at radius 2 is 1.95 bits per heavy atom. The zero-order valence-corrected chi connectivity index (χ0v) is 12.8. The van der Waals surface area contributed by atoms with Gasteiger partial charge in [0.25, 0.3) is 0 Å². The highest BCUT2D eigenvalue weighted by Crippen LogP contribution is 2.14. The standard InChI is InChI=1S/C12H17ClN2O4S/c1-9(16)14-10-3-5-12(6-4-10)20(17,18)15-11(7-13)8-19-2/h3-6,11,15H,7-8H2,1-2H3,(H,14,16). The van der Waals surface area contributed by atoms with E-state index in [1.54, 1.807) is 0 Å². The van der Waals surface area contributed by atoms with E-state index in [4.69, 9.17) is 16.3 Å². The van der Waals surface area contributed by atoms with Crippen molar-refractivity contribution in [1.82, 2.24) is 4.72 Å². The first-order chi connectivity index (χ1) is 9.39. The summed E-state index contributed by atoms with van der Waals surface area (Å²) < 4.78 is 31.5. The van der Waals surface area contributed by atoms with Gasteiger partial charge >= 0.3 is 0 Å². The summed E-state index contributed by atoms with van der Waals surface area (Å²) in [6.07, 6.45) is 0. The third-order valence-corrected chi connectivity index (χ3v) is 4.27. The summed E-state index contributed by atoms with van der Waals surface area (Å²) in [4.78, 5) is 11.0. The molecule has 0 saturated heterocycles. The van der Waals surface area contributed by atoms with Gasteiger partial charge in [0.2, 0.25) is 15.9 Å². The maximum absolute atomic E-state index is 12.1. The highest BCUT2D eigenvalue weighted by Gasteiger charge is 2.19. The third-order valence-electron chi connectivity index (χ3n) is 2.36. The van der Waals surface area contributed by atoms with Crippen LogP contribution in [-0.2, 0) is 19.6 Å². The fraction of sp³-hybridized carbons (Fsp3) is 0.417. The summed E-state index contributed by atoms with van der Waals surface area (Å²) in [5.41, 5.74) is 0.530. The number of hydrogen-bond acceptors (Lipinski definition) is 4. The molecule has 0 aromatic heterocycles. The van der Waals surface area contributed by atoms with Crippen molar-refractivity contribution in [3.05, 3.63) is 24.3 Å². The zero-order valence-electron chi connectivity index (χ0n) is 11.2. The minimum absolute atomic E-state index is 0.0952. The van der Waals surface area contributed by atoms with Crippen molar-refractivity contribution >= 4 is 33.2 Å². The van der Waals surface area contributed by atoms with E-state index in [1.807, 2.05) is 0 Å². The molecule has 1 atom stereocenters. The molecule has 1 aromatic rings. The molecule has 6 nitrogen and oxygen atoms in total. The Morgan fingerprint density at radius 3 is 2.40 bits per heavy atom. The zero-order chi connectivity index (χ0) is 15.2. The largest absolute Gasteiger partial charge is 0.383 e. The summed E-state index contributed by atoms with van der Waals surface area (Å²) in [5, 5.41) is 2.56. The first kappa shape index (κ1) is 16.9. The lowest BCUT2D eigenvalue weighted by molar-refractivity contribution is -0.114. The number of ether oxygens (including phenoxy) is 1. The highest BCUT2D eigenvalue weighted by atomic mass is 35.5. The first-order valence-electron chi connectivity index (χ1n) is 5.84. The maximum Gasteiger partial charge on any atom is 0.240 e. The molecule has 0 radical (unpaired) electrons. The Hall–Kier alpha value is -1.15. The van der Waals surface area contributed by atoms with E-state index >= 15 is 0 Å². The Bertz CT molecular complexity index is 545. The fourth-order valence-electron chi connectivity index (χ4n) is 1.52. The van der Waals surface area contributed by atoms with Crippen LogP contribution in [0.1, 0.15) is 6.92 Å². The van der Waals surface area contributed by atoms with Crippen LogP contribution in [0, 0.1) is 0 Å². The second-order valence-electron chi connectivity index (χ2n) is 4.13. The fourth-order valence-corrected chi connectivity index (χ4v) is 3.00. The topological polar surface area (TPSA) is 84.5 Å². The van der Waals surface area contributed by atoms with Gasteiger partial charge in [0.05, 0.1) is 17.5 Å². The molecule has 20 heavy (non-hydrogen) atoms. The van der Waals surface area contributed by atoms with Gasteiger partial charge in [-0.2, -0.15) is 0 Å². The molecule has 0 aliphatic rings. The number of rotatable bonds is 7. The van der Waals surface area contributed by atoms with E-state index in [-0.39, 0.29) is 23.3 Å². The minimum atomic E-state index is -3.67. The van der Waals surface area contributed by atoms with Gasteiger partial charge in [-0.15, -0.1) is 11.6 Å². The van der Waals surface area contributed by atoms with E-state index in [0.717, 1.165) is 0 Å². The monoisotopic (exact) mass is 320 g/mol. The van der Waals surface area contributed by atoms with Crippen molar-refractivity contribution in [1.29, 1.82) is 0 Å². The Balaban J connectivity index is 2.84. The van der Waals surface area contributed by atoms with Crippen molar-refractivity contribution in [2.45, 2.75) is 17.9 Å². The molecule has 2 N–H and O–H groups in total. The molecule has 8 heteroatoms. The molecule has 0 aliphatic heterocycles. The number of hydrogen-bond donors (Lipinski definition) is 2. The highest BCUT2D eigenvalue weighted by molar-refractivity contribution is 7.89. The van der Waals surface area contributed by atoms with Gasteiger partial charge in [-0.25, -0.2) is 13.1 Å². The van der Waals surface area contributed by atoms with Crippen molar-refractivity contribution in [3.8, 4) is 0 Å². The number of methoxy groups -OCH3 is 1. The minimum Gasteiger partial charge on any atom is -0.383 e. The first-order valence-corrected chi connectivity index (χ1v) is 7.85. The second-order valence-corrected chi connectivity index (χ2v) is 6.16. The quantitative estimate of drug-likeness (QED) is 0.739. The van der Waals surface area contributed by atoms with Gasteiger partial charge in [0, 0.05) is 25.6 Å². The number of benzene rings is 1. The predicted octanol–water partition coefficient (Wildman–Crippen LogP) is 1.18. The number of halogens is 1. The van der Waals surface area contributed by atoms with E-state index in [9.17, 15) is 13.2 Å². The number of anilines is 1. The van der Waals surface area contributed by atoms with Crippen LogP contribution in [0.4, 0.5) is 5.69 Å². The second kappa shape index (κ2) is 7.58. The summed E-state index contributed by atoms with van der Waals surface area (Å²) in [7, 11) is -2.20. The molecule has 1 amide bonds. The van der Waals surface area contributed by atoms with Gasteiger partial charge in [0.1, 0.15) is 0 Å². The molecule has 0 saturated carbocycles. The number of sulfonamides is 1. The lowest BCUT2D eigenvalue weighted by atomic mass is 10.3.